The maximum Gasteiger partial charge on any atom is 0.409 e. The van der Waals surface area contributed by atoms with Crippen LogP contribution in [0, 0.1) is 22.7 Å². The quantitative estimate of drug-likeness (QED) is 0.376. The Labute approximate surface area is 309 Å². The Bertz CT molecular complexity index is 1110. The van der Waals surface area contributed by atoms with E-state index in [1.165, 1.54) is 129 Å². The van der Waals surface area contributed by atoms with Crippen LogP contribution in [0.5, 0.6) is 0 Å². The van der Waals surface area contributed by atoms with Crippen LogP contribution in [0.1, 0.15) is 104 Å². The predicted molar refractivity (Wildman–Crippen MR) is 200 cm³/mol. The zero-order valence-electron chi connectivity index (χ0n) is 31.6. The summed E-state index contributed by atoms with van der Waals surface area (Å²) in [6, 6.07) is 3.18. The molecule has 2 aliphatic carbocycles. The molecule has 50 heavy (non-hydrogen) atoms. The van der Waals surface area contributed by atoms with Crippen molar-refractivity contribution in [1.29, 1.82) is 0 Å². The van der Waals surface area contributed by atoms with Gasteiger partial charge in [0.15, 0.2) is 0 Å². The molecule has 0 radical (unpaired) electrons. The monoisotopic (exact) mass is 721 g/mol. The van der Waals surface area contributed by atoms with Crippen LogP contribution in [-0.4, -0.2) is 147 Å². The molecule has 0 bridgehead atoms. The Morgan fingerprint density at radius 3 is 1.58 bits per heavy atom. The molecule has 2 amide bonds. The summed E-state index contributed by atoms with van der Waals surface area (Å²) in [6.07, 6.45) is 18.4. The number of nitrogens with zero attached hydrogens (tertiary/aromatic N) is 5. The zero-order valence-corrected chi connectivity index (χ0v) is 32.4. The zero-order chi connectivity index (χ0) is 34.0. The average molecular weight is 721 g/mol. The predicted octanol–water partition coefficient (Wildman–Crippen LogP) is 5.69. The molecule has 0 aromatic carbocycles. The standard InChI is InChI=1S/C20H35N3O2.C19H33N3O2.ClH/c1-3-25-19(24)23-12-8-20(15-23)13-17(14-20)22-10-6-16(7-11-22)18-5-4-9-21(18)2;1-2-24-18(23)22-11-7-19(14-22)12-16(13-19)21-9-5-15(6-10-21)17-4-3-8-20-17;/h16-18H,3-15H2,1-2H3;15-17,20H,2-14H2,1H3;1H. The fourth-order valence-corrected chi connectivity index (χ4v) is 11.7. The number of piperidine rings is 2. The van der Waals surface area contributed by atoms with Crippen molar-refractivity contribution in [3.63, 3.8) is 0 Å². The molecule has 11 heteroatoms. The van der Waals surface area contributed by atoms with Crippen molar-refractivity contribution in [2.24, 2.45) is 22.7 Å². The van der Waals surface area contributed by atoms with Gasteiger partial charge in [-0.05, 0) is 173 Å². The van der Waals surface area contributed by atoms with E-state index in [0.29, 0.717) is 24.0 Å². The van der Waals surface area contributed by atoms with Crippen molar-refractivity contribution in [3.8, 4) is 0 Å². The van der Waals surface area contributed by atoms with E-state index >= 15 is 0 Å². The van der Waals surface area contributed by atoms with Crippen LogP contribution in [0.2, 0.25) is 0 Å². The van der Waals surface area contributed by atoms with Gasteiger partial charge in [0.1, 0.15) is 0 Å². The Kier molecular flexibility index (Phi) is 12.9. The SMILES string of the molecule is CCOC(=O)N1CCC2(CC(N3CCC(C4CCCN4)CC3)C2)C1.CCOC(=O)N1CCC2(CC(N3CCC(C4CCCN4C)CC3)C2)C1.Cl. The molecular formula is C39H69ClN6O4. The molecule has 10 nitrogen and oxygen atoms in total. The first kappa shape index (κ1) is 38.4. The van der Waals surface area contributed by atoms with E-state index in [1.807, 2.05) is 23.6 Å². The van der Waals surface area contributed by atoms with Crippen LogP contribution in [0.3, 0.4) is 0 Å². The summed E-state index contributed by atoms with van der Waals surface area (Å²) in [5.74, 6) is 1.83. The first-order valence-electron chi connectivity index (χ1n) is 20.5. The molecule has 1 N–H and O–H groups in total. The number of carbonyl (C=O) groups excluding carboxylic acids is 2. The lowest BCUT2D eigenvalue weighted by molar-refractivity contribution is -0.0149. The van der Waals surface area contributed by atoms with Crippen LogP contribution >= 0.6 is 12.4 Å². The fraction of sp³-hybridized carbons (Fsp3) is 0.949. The highest BCUT2D eigenvalue weighted by molar-refractivity contribution is 5.85. The van der Waals surface area contributed by atoms with Gasteiger partial charge in [-0.25, -0.2) is 9.59 Å². The summed E-state index contributed by atoms with van der Waals surface area (Å²) in [5.41, 5.74) is 0.807. The van der Waals surface area contributed by atoms with E-state index in [-0.39, 0.29) is 24.6 Å². The van der Waals surface area contributed by atoms with Crippen molar-refractivity contribution < 1.29 is 19.1 Å². The summed E-state index contributed by atoms with van der Waals surface area (Å²) in [4.78, 5) is 35.8. The van der Waals surface area contributed by atoms with Crippen molar-refractivity contribution in [2.75, 3.05) is 85.7 Å². The van der Waals surface area contributed by atoms with Gasteiger partial charge in [-0.3, -0.25) is 0 Å². The van der Waals surface area contributed by atoms with Gasteiger partial charge in [0.2, 0.25) is 0 Å². The van der Waals surface area contributed by atoms with Crippen molar-refractivity contribution in [3.05, 3.63) is 0 Å². The summed E-state index contributed by atoms with van der Waals surface area (Å²) >= 11 is 0. The second-order valence-electron chi connectivity index (χ2n) is 17.5. The molecule has 0 aromatic heterocycles. The maximum absolute atomic E-state index is 11.9. The number of halogens is 1. The van der Waals surface area contributed by atoms with Gasteiger partial charge in [0.05, 0.1) is 13.2 Å². The van der Waals surface area contributed by atoms with Crippen LogP contribution in [0.4, 0.5) is 9.59 Å². The molecule has 8 aliphatic rings. The van der Waals surface area contributed by atoms with Gasteiger partial charge in [-0.15, -0.1) is 12.4 Å². The summed E-state index contributed by atoms with van der Waals surface area (Å²) in [6.45, 7) is 16.0. The van der Waals surface area contributed by atoms with Gasteiger partial charge in [-0.1, -0.05) is 0 Å². The normalized spacial score (nSPS) is 36.9. The molecular weight excluding hydrogens is 652 g/mol. The van der Waals surface area contributed by atoms with E-state index in [9.17, 15) is 9.59 Å². The number of hydrogen-bond donors (Lipinski definition) is 1. The molecule has 8 fully saturated rings. The van der Waals surface area contributed by atoms with Crippen LogP contribution in [0.25, 0.3) is 0 Å². The lowest BCUT2D eigenvalue weighted by atomic mass is 9.64. The van der Waals surface area contributed by atoms with Crippen molar-refractivity contribution >= 4 is 24.6 Å². The smallest absolute Gasteiger partial charge is 0.409 e. The van der Waals surface area contributed by atoms with Crippen LogP contribution < -0.4 is 5.32 Å². The number of carbonyl (C=O) groups is 2. The third-order valence-electron chi connectivity index (χ3n) is 14.6. The second-order valence-corrected chi connectivity index (χ2v) is 17.5. The molecule has 6 saturated heterocycles. The minimum atomic E-state index is -0.109. The Morgan fingerprint density at radius 1 is 0.660 bits per heavy atom. The highest BCUT2D eigenvalue weighted by Gasteiger charge is 2.53. The van der Waals surface area contributed by atoms with Crippen molar-refractivity contribution in [1.82, 2.24) is 29.8 Å². The number of nitrogens with one attached hydrogen (secondary N) is 1. The number of rotatable bonds is 6. The third-order valence-corrected chi connectivity index (χ3v) is 14.6. The Balaban J connectivity index is 0.000000170. The van der Waals surface area contributed by atoms with Crippen molar-refractivity contribution in [2.45, 2.75) is 128 Å². The fourth-order valence-electron chi connectivity index (χ4n) is 11.7. The van der Waals surface area contributed by atoms with E-state index in [2.05, 4.69) is 27.1 Å². The number of amides is 2. The molecule has 0 aromatic rings. The topological polar surface area (TPSA) is 80.8 Å². The number of hydrogen-bond acceptors (Lipinski definition) is 8. The minimum Gasteiger partial charge on any atom is -0.450 e. The number of ether oxygens (including phenoxy) is 2. The largest absolute Gasteiger partial charge is 0.450 e. The molecule has 6 heterocycles. The minimum absolute atomic E-state index is 0. The number of likely N-dealkylation sites (tertiary alicyclic amines) is 5. The molecule has 286 valence electrons. The van der Waals surface area contributed by atoms with E-state index in [0.717, 1.165) is 62.2 Å². The average Bonchev–Trinajstić information content (AvgIpc) is 3.91. The molecule has 8 rings (SSSR count). The van der Waals surface area contributed by atoms with Gasteiger partial charge < -0.3 is 39.3 Å². The Morgan fingerprint density at radius 2 is 1.16 bits per heavy atom. The van der Waals surface area contributed by atoms with Crippen LogP contribution in [-0.2, 0) is 9.47 Å². The molecule has 2 atom stereocenters. The van der Waals surface area contributed by atoms with E-state index in [1.54, 1.807) is 0 Å². The van der Waals surface area contributed by atoms with Gasteiger partial charge >= 0.3 is 12.2 Å². The lowest BCUT2D eigenvalue weighted by Gasteiger charge is -2.52. The summed E-state index contributed by atoms with van der Waals surface area (Å²) < 4.78 is 10.3. The first-order valence-corrected chi connectivity index (χ1v) is 20.5. The summed E-state index contributed by atoms with van der Waals surface area (Å²) in [5, 5.41) is 3.70. The highest BCUT2D eigenvalue weighted by atomic mass is 35.5. The Hall–Kier alpha value is -1.33. The van der Waals surface area contributed by atoms with Gasteiger partial charge in [0.25, 0.3) is 0 Å². The van der Waals surface area contributed by atoms with Gasteiger partial charge in [0, 0.05) is 50.3 Å². The molecule has 2 saturated carbocycles. The lowest BCUT2D eigenvalue weighted by Crippen LogP contribution is -2.55. The molecule has 2 unspecified atom stereocenters. The van der Waals surface area contributed by atoms with Gasteiger partial charge in [-0.2, -0.15) is 0 Å². The summed E-state index contributed by atoms with van der Waals surface area (Å²) in [7, 11) is 2.31. The first-order chi connectivity index (χ1) is 23.8. The van der Waals surface area contributed by atoms with E-state index in [4.69, 9.17) is 9.47 Å². The molecule has 2 spiro atoms. The second kappa shape index (κ2) is 16.8. The van der Waals surface area contributed by atoms with Crippen LogP contribution in [0.15, 0.2) is 0 Å². The maximum atomic E-state index is 11.9. The third kappa shape index (κ3) is 8.40. The van der Waals surface area contributed by atoms with E-state index < -0.39 is 0 Å². The molecule has 6 aliphatic heterocycles. The highest BCUT2D eigenvalue weighted by Crippen LogP contribution is 2.52.